The summed E-state index contributed by atoms with van der Waals surface area (Å²) in [5.74, 6) is -2.34. The Morgan fingerprint density at radius 1 is 0.972 bits per heavy atom. The maximum absolute atomic E-state index is 13.2. The third-order valence-corrected chi connectivity index (χ3v) is 5.00. The largest absolute Gasteiger partial charge is 0.586 e. The highest BCUT2D eigenvalue weighted by molar-refractivity contribution is 6.08. The van der Waals surface area contributed by atoms with Gasteiger partial charge in [0.2, 0.25) is 0 Å². The van der Waals surface area contributed by atoms with Gasteiger partial charge in [-0.3, -0.25) is 19.4 Å². The molecule has 1 aliphatic rings. The van der Waals surface area contributed by atoms with Gasteiger partial charge in [0.1, 0.15) is 5.69 Å². The second-order valence-corrected chi connectivity index (χ2v) is 7.63. The van der Waals surface area contributed by atoms with Gasteiger partial charge in [0, 0.05) is 36.7 Å². The van der Waals surface area contributed by atoms with E-state index in [-0.39, 0.29) is 42.4 Å². The lowest BCUT2D eigenvalue weighted by Gasteiger charge is -2.13. The number of benzene rings is 2. The molecule has 0 saturated heterocycles. The number of carbonyl (C=O) groups is 3. The zero-order chi connectivity index (χ0) is 25.7. The third kappa shape index (κ3) is 6.03. The first-order valence-electron chi connectivity index (χ1n) is 10.7. The number of para-hydroxylation sites is 1. The summed E-state index contributed by atoms with van der Waals surface area (Å²) in [6, 6.07) is 13.8. The van der Waals surface area contributed by atoms with Gasteiger partial charge in [-0.25, -0.2) is 0 Å². The smallest absolute Gasteiger partial charge is 0.481 e. The maximum atomic E-state index is 13.2. The molecule has 186 valence electrons. The van der Waals surface area contributed by atoms with Crippen LogP contribution in [0.3, 0.4) is 0 Å². The Bertz CT molecular complexity index is 1320. The molecule has 12 heteroatoms. The van der Waals surface area contributed by atoms with Crippen molar-refractivity contribution in [2.24, 2.45) is 0 Å². The normalized spacial score (nSPS) is 13.1. The van der Waals surface area contributed by atoms with E-state index in [1.165, 1.54) is 24.4 Å². The quantitative estimate of drug-likeness (QED) is 0.352. The maximum Gasteiger partial charge on any atom is 0.586 e. The molecule has 36 heavy (non-hydrogen) atoms. The van der Waals surface area contributed by atoms with Crippen molar-refractivity contribution in [1.82, 2.24) is 10.3 Å². The summed E-state index contributed by atoms with van der Waals surface area (Å²) in [5, 5.41) is 16.9. The predicted molar refractivity (Wildman–Crippen MR) is 123 cm³/mol. The number of aliphatic carboxylic acids is 1. The molecule has 0 atom stereocenters. The van der Waals surface area contributed by atoms with Crippen LogP contribution < -0.4 is 25.4 Å². The molecular formula is C24H20F2N4O6. The molecule has 0 aliphatic carbocycles. The van der Waals surface area contributed by atoms with Gasteiger partial charge in [0.05, 0.1) is 12.0 Å². The number of pyridine rings is 1. The number of nitrogens with zero attached hydrogens (tertiary/aromatic N) is 1. The van der Waals surface area contributed by atoms with Crippen molar-refractivity contribution < 1.29 is 37.7 Å². The van der Waals surface area contributed by atoms with Crippen molar-refractivity contribution in [2.45, 2.75) is 19.3 Å². The number of nitrogens with one attached hydrogen (secondary N) is 3. The van der Waals surface area contributed by atoms with Gasteiger partial charge < -0.3 is 30.5 Å². The molecular weight excluding hydrogens is 478 g/mol. The van der Waals surface area contributed by atoms with Gasteiger partial charge in [0.25, 0.3) is 11.8 Å². The number of amides is 2. The van der Waals surface area contributed by atoms with Crippen LogP contribution >= 0.6 is 0 Å². The van der Waals surface area contributed by atoms with Crippen LogP contribution in [0.1, 0.15) is 32.8 Å². The molecule has 0 saturated carbocycles. The first kappa shape index (κ1) is 24.4. The second kappa shape index (κ2) is 10.3. The van der Waals surface area contributed by atoms with Crippen LogP contribution in [0.4, 0.5) is 20.2 Å². The number of aromatic nitrogens is 1. The molecule has 1 aliphatic heterocycles. The first-order valence-corrected chi connectivity index (χ1v) is 10.7. The van der Waals surface area contributed by atoms with Crippen LogP contribution in [-0.2, 0) is 11.3 Å². The molecule has 2 amide bonds. The number of alkyl halides is 2. The van der Waals surface area contributed by atoms with Crippen molar-refractivity contribution in [3.05, 3.63) is 77.6 Å². The molecule has 1 aromatic heterocycles. The van der Waals surface area contributed by atoms with Crippen molar-refractivity contribution in [3.8, 4) is 11.5 Å². The van der Waals surface area contributed by atoms with Crippen molar-refractivity contribution >= 4 is 29.2 Å². The lowest BCUT2D eigenvalue weighted by Crippen LogP contribution is -2.26. The van der Waals surface area contributed by atoms with Crippen LogP contribution in [0.25, 0.3) is 0 Å². The molecule has 0 bridgehead atoms. The van der Waals surface area contributed by atoms with E-state index in [2.05, 4.69) is 30.4 Å². The van der Waals surface area contributed by atoms with Gasteiger partial charge in [-0.15, -0.1) is 8.78 Å². The summed E-state index contributed by atoms with van der Waals surface area (Å²) in [4.78, 5) is 39.7. The second-order valence-electron chi connectivity index (χ2n) is 7.63. The first-order chi connectivity index (χ1) is 17.2. The molecule has 10 nitrogen and oxygen atoms in total. The van der Waals surface area contributed by atoms with E-state index in [1.54, 1.807) is 36.4 Å². The molecule has 2 heterocycles. The highest BCUT2D eigenvalue weighted by Gasteiger charge is 2.43. The average molecular weight is 498 g/mol. The molecule has 4 rings (SSSR count). The van der Waals surface area contributed by atoms with E-state index in [0.29, 0.717) is 16.8 Å². The van der Waals surface area contributed by atoms with E-state index in [0.717, 1.165) is 0 Å². The molecule has 0 fully saturated rings. The third-order valence-electron chi connectivity index (χ3n) is 5.00. The summed E-state index contributed by atoms with van der Waals surface area (Å²) in [6.45, 7) is 0.230. The number of carbonyl (C=O) groups excluding carboxylic acids is 2. The summed E-state index contributed by atoms with van der Waals surface area (Å²) in [6.07, 6.45) is -2.51. The van der Waals surface area contributed by atoms with E-state index >= 15 is 0 Å². The SMILES string of the molecule is O=C(O)CCNC(=O)c1cc(CNc2ccccc2C(=O)Nc2ccc3c(c2)OC(F)(F)O3)ccn1. The molecule has 0 spiro atoms. The Balaban J connectivity index is 1.40. The number of hydrogen-bond acceptors (Lipinski definition) is 7. The fourth-order valence-electron chi connectivity index (χ4n) is 3.34. The Hall–Kier alpha value is -4.74. The summed E-state index contributed by atoms with van der Waals surface area (Å²) in [7, 11) is 0. The van der Waals surface area contributed by atoms with E-state index in [1.807, 2.05) is 0 Å². The predicted octanol–water partition coefficient (Wildman–Crippen LogP) is 3.47. The molecule has 0 radical (unpaired) electrons. The highest BCUT2D eigenvalue weighted by Crippen LogP contribution is 2.42. The van der Waals surface area contributed by atoms with Crippen LogP contribution in [-0.4, -0.2) is 40.7 Å². The molecule has 0 unspecified atom stereocenters. The van der Waals surface area contributed by atoms with Crippen molar-refractivity contribution in [2.75, 3.05) is 17.2 Å². The summed E-state index contributed by atoms with van der Waals surface area (Å²) >= 11 is 0. The number of carboxylic acids is 1. The summed E-state index contributed by atoms with van der Waals surface area (Å²) in [5.41, 5.74) is 1.84. The number of anilines is 2. The van der Waals surface area contributed by atoms with Crippen LogP contribution in [0.5, 0.6) is 11.5 Å². The fraction of sp³-hybridized carbons (Fsp3) is 0.167. The zero-order valence-electron chi connectivity index (χ0n) is 18.6. The van der Waals surface area contributed by atoms with E-state index < -0.39 is 24.1 Å². The minimum absolute atomic E-state index is 0.0212. The topological polar surface area (TPSA) is 139 Å². The van der Waals surface area contributed by atoms with E-state index in [9.17, 15) is 23.2 Å². The number of fused-ring (bicyclic) bond motifs is 1. The number of hydrogen-bond donors (Lipinski definition) is 4. The standard InChI is InChI=1S/C24H20F2N4O6/c25-24(26)35-19-6-5-15(12-20(19)36-24)30-22(33)16-3-1-2-4-17(16)29-13-14-7-9-27-18(11-14)23(34)28-10-8-21(31)32/h1-7,9,11-12,29H,8,10,13H2,(H,28,34)(H,30,33)(H,31,32). The molecule has 4 N–H and O–H groups in total. The highest BCUT2D eigenvalue weighted by atomic mass is 19.3. The average Bonchev–Trinajstić information content (AvgIpc) is 3.15. The van der Waals surface area contributed by atoms with Crippen molar-refractivity contribution in [1.29, 1.82) is 0 Å². The number of carboxylic acid groups (broad SMARTS) is 1. The van der Waals surface area contributed by atoms with Crippen LogP contribution in [0, 0.1) is 0 Å². The minimum atomic E-state index is -3.76. The van der Waals surface area contributed by atoms with Gasteiger partial charge in [-0.1, -0.05) is 12.1 Å². The lowest BCUT2D eigenvalue weighted by molar-refractivity contribution is -0.286. The van der Waals surface area contributed by atoms with Gasteiger partial charge >= 0.3 is 12.3 Å². The fourth-order valence-corrected chi connectivity index (χ4v) is 3.34. The lowest BCUT2D eigenvalue weighted by atomic mass is 10.1. The Morgan fingerprint density at radius 3 is 2.56 bits per heavy atom. The van der Waals surface area contributed by atoms with Crippen LogP contribution in [0.15, 0.2) is 60.8 Å². The Morgan fingerprint density at radius 2 is 1.75 bits per heavy atom. The van der Waals surface area contributed by atoms with E-state index in [4.69, 9.17) is 5.11 Å². The number of halogens is 2. The Labute approximate surface area is 203 Å². The van der Waals surface area contributed by atoms with Gasteiger partial charge in [-0.05, 0) is 42.0 Å². The Kier molecular flexibility index (Phi) is 6.95. The van der Waals surface area contributed by atoms with Gasteiger partial charge in [0.15, 0.2) is 11.5 Å². The summed E-state index contributed by atoms with van der Waals surface area (Å²) < 4.78 is 35.2. The molecule has 3 aromatic rings. The molecule has 2 aromatic carbocycles. The van der Waals surface area contributed by atoms with Gasteiger partial charge in [-0.2, -0.15) is 0 Å². The van der Waals surface area contributed by atoms with Crippen LogP contribution in [0.2, 0.25) is 0 Å². The number of rotatable bonds is 9. The zero-order valence-corrected chi connectivity index (χ0v) is 18.6. The monoisotopic (exact) mass is 498 g/mol. The van der Waals surface area contributed by atoms with Crippen molar-refractivity contribution in [3.63, 3.8) is 0 Å². The number of ether oxygens (including phenoxy) is 2. The minimum Gasteiger partial charge on any atom is -0.481 e.